The van der Waals surface area contributed by atoms with E-state index < -0.39 is 0 Å². The fraction of sp³-hybridized carbons (Fsp3) is 0.125. The minimum atomic E-state index is 0.276. The van der Waals surface area contributed by atoms with Gasteiger partial charge in [-0.2, -0.15) is 0 Å². The average Bonchev–Trinajstić information content (AvgIpc) is 2.87. The first-order chi connectivity index (χ1) is 9.76. The van der Waals surface area contributed by atoms with Crippen LogP contribution in [0.4, 0.5) is 0 Å². The lowest BCUT2D eigenvalue weighted by atomic mass is 10.2. The van der Waals surface area contributed by atoms with Crippen molar-refractivity contribution < 1.29 is 14.6 Å². The number of thiophene rings is 1. The van der Waals surface area contributed by atoms with Gasteiger partial charge in [-0.25, -0.2) is 0 Å². The van der Waals surface area contributed by atoms with Crippen LogP contribution in [-0.4, -0.2) is 12.2 Å². The maximum Gasteiger partial charge on any atom is 0.123 e. The molecule has 0 saturated heterocycles. The standard InChI is InChI=1S/C16H14O3S/c1-18-13-3-2-4-14(8-13)19-9-11-10-20-16-6-5-12(17)7-15(11)16/h2-8,10,17H,9H2,1H3. The highest BCUT2D eigenvalue weighted by Crippen LogP contribution is 2.30. The Hall–Kier alpha value is -2.20. The minimum Gasteiger partial charge on any atom is -0.508 e. The zero-order valence-corrected chi connectivity index (χ0v) is 11.8. The summed E-state index contributed by atoms with van der Waals surface area (Å²) in [7, 11) is 1.63. The molecule has 3 aromatic rings. The lowest BCUT2D eigenvalue weighted by molar-refractivity contribution is 0.305. The van der Waals surface area contributed by atoms with Gasteiger partial charge in [0.25, 0.3) is 0 Å². The predicted octanol–water partition coefficient (Wildman–Crippen LogP) is 4.19. The molecule has 0 aliphatic carbocycles. The van der Waals surface area contributed by atoms with Gasteiger partial charge in [0.05, 0.1) is 7.11 Å². The van der Waals surface area contributed by atoms with Crippen molar-refractivity contribution in [2.24, 2.45) is 0 Å². The highest BCUT2D eigenvalue weighted by molar-refractivity contribution is 7.17. The van der Waals surface area contributed by atoms with Gasteiger partial charge in [0.1, 0.15) is 23.9 Å². The molecule has 0 unspecified atom stereocenters. The minimum absolute atomic E-state index is 0.276. The summed E-state index contributed by atoms with van der Waals surface area (Å²) in [6, 6.07) is 12.9. The number of aromatic hydroxyl groups is 1. The van der Waals surface area contributed by atoms with Crippen LogP contribution in [0.1, 0.15) is 5.56 Å². The number of rotatable bonds is 4. The maximum atomic E-state index is 9.57. The zero-order valence-electron chi connectivity index (χ0n) is 11.0. The lowest BCUT2D eigenvalue weighted by Gasteiger charge is -2.07. The van der Waals surface area contributed by atoms with E-state index in [4.69, 9.17) is 9.47 Å². The maximum absolute atomic E-state index is 9.57. The SMILES string of the molecule is COc1cccc(OCc2csc3ccc(O)cc23)c1. The Morgan fingerprint density at radius 2 is 1.95 bits per heavy atom. The van der Waals surface area contributed by atoms with Crippen molar-refractivity contribution in [2.75, 3.05) is 7.11 Å². The number of fused-ring (bicyclic) bond motifs is 1. The first-order valence-electron chi connectivity index (χ1n) is 6.22. The summed E-state index contributed by atoms with van der Waals surface area (Å²) in [5, 5.41) is 12.7. The Labute approximate surface area is 121 Å². The molecule has 4 heteroatoms. The Kier molecular flexibility index (Phi) is 3.48. The fourth-order valence-electron chi connectivity index (χ4n) is 2.03. The predicted molar refractivity (Wildman–Crippen MR) is 80.8 cm³/mol. The van der Waals surface area contributed by atoms with E-state index in [0.717, 1.165) is 27.1 Å². The van der Waals surface area contributed by atoms with Gasteiger partial charge < -0.3 is 14.6 Å². The number of methoxy groups -OCH3 is 1. The molecule has 3 nitrogen and oxygen atoms in total. The van der Waals surface area contributed by atoms with Gasteiger partial charge in [0, 0.05) is 21.7 Å². The second kappa shape index (κ2) is 5.43. The summed E-state index contributed by atoms with van der Waals surface area (Å²) in [6.07, 6.45) is 0. The molecule has 0 saturated carbocycles. The summed E-state index contributed by atoms with van der Waals surface area (Å²) in [5.74, 6) is 1.82. The Morgan fingerprint density at radius 1 is 1.10 bits per heavy atom. The third-order valence-electron chi connectivity index (χ3n) is 3.07. The number of phenolic OH excluding ortho intramolecular Hbond substituents is 1. The first-order valence-corrected chi connectivity index (χ1v) is 7.10. The zero-order chi connectivity index (χ0) is 13.9. The number of benzene rings is 2. The summed E-state index contributed by atoms with van der Waals surface area (Å²) in [6.45, 7) is 0.469. The van der Waals surface area contributed by atoms with Gasteiger partial charge in [0.15, 0.2) is 0 Å². The molecule has 20 heavy (non-hydrogen) atoms. The number of phenols is 1. The van der Waals surface area contributed by atoms with Crippen molar-refractivity contribution in [3.63, 3.8) is 0 Å². The number of hydrogen-bond donors (Lipinski definition) is 1. The monoisotopic (exact) mass is 286 g/mol. The van der Waals surface area contributed by atoms with E-state index >= 15 is 0 Å². The second-order valence-electron chi connectivity index (χ2n) is 4.41. The number of hydrogen-bond acceptors (Lipinski definition) is 4. The number of ether oxygens (including phenoxy) is 2. The molecule has 1 N–H and O–H groups in total. The van der Waals surface area contributed by atoms with Crippen molar-refractivity contribution in [3.05, 3.63) is 53.4 Å². The van der Waals surface area contributed by atoms with Crippen LogP contribution < -0.4 is 9.47 Å². The molecule has 2 aromatic carbocycles. The molecule has 3 rings (SSSR count). The van der Waals surface area contributed by atoms with Crippen LogP contribution in [0.3, 0.4) is 0 Å². The van der Waals surface area contributed by atoms with Crippen LogP contribution in [-0.2, 0) is 6.61 Å². The molecule has 0 bridgehead atoms. The molecule has 1 heterocycles. The van der Waals surface area contributed by atoms with Crippen molar-refractivity contribution in [3.8, 4) is 17.2 Å². The van der Waals surface area contributed by atoms with E-state index in [1.165, 1.54) is 0 Å². The quantitative estimate of drug-likeness (QED) is 0.781. The third kappa shape index (κ3) is 2.56. The van der Waals surface area contributed by atoms with Gasteiger partial charge in [-0.1, -0.05) is 6.07 Å². The third-order valence-corrected chi connectivity index (χ3v) is 4.09. The summed E-state index contributed by atoms with van der Waals surface area (Å²) >= 11 is 1.65. The van der Waals surface area contributed by atoms with Crippen LogP contribution in [0.2, 0.25) is 0 Å². The van der Waals surface area contributed by atoms with Crippen molar-refractivity contribution in [2.45, 2.75) is 6.61 Å². The highest BCUT2D eigenvalue weighted by Gasteiger charge is 2.06. The van der Waals surface area contributed by atoms with E-state index in [0.29, 0.717) is 6.61 Å². The molecule has 102 valence electrons. The Balaban J connectivity index is 1.81. The topological polar surface area (TPSA) is 38.7 Å². The van der Waals surface area contributed by atoms with E-state index in [-0.39, 0.29) is 5.75 Å². The van der Waals surface area contributed by atoms with Crippen LogP contribution in [0.15, 0.2) is 47.8 Å². The van der Waals surface area contributed by atoms with Gasteiger partial charge in [-0.15, -0.1) is 11.3 Å². The smallest absolute Gasteiger partial charge is 0.123 e. The van der Waals surface area contributed by atoms with Crippen LogP contribution in [0.5, 0.6) is 17.2 Å². The van der Waals surface area contributed by atoms with Gasteiger partial charge >= 0.3 is 0 Å². The average molecular weight is 286 g/mol. The summed E-state index contributed by atoms with van der Waals surface area (Å²) in [5.41, 5.74) is 1.07. The van der Waals surface area contributed by atoms with Gasteiger partial charge in [-0.3, -0.25) is 0 Å². The molecule has 0 spiro atoms. The van der Waals surface area contributed by atoms with Crippen molar-refractivity contribution in [1.82, 2.24) is 0 Å². The molecule has 0 atom stereocenters. The largest absolute Gasteiger partial charge is 0.508 e. The Bertz CT molecular complexity index is 733. The highest BCUT2D eigenvalue weighted by atomic mass is 32.1. The van der Waals surface area contributed by atoms with E-state index in [9.17, 15) is 5.11 Å². The first kappa shape index (κ1) is 12.8. The lowest BCUT2D eigenvalue weighted by Crippen LogP contribution is -1.94. The van der Waals surface area contributed by atoms with Gasteiger partial charge in [-0.05, 0) is 35.7 Å². The molecule has 1 aromatic heterocycles. The molecule has 0 fully saturated rings. The summed E-state index contributed by atoms with van der Waals surface area (Å²) in [4.78, 5) is 0. The molecule has 0 aliphatic rings. The molecular weight excluding hydrogens is 272 g/mol. The normalized spacial score (nSPS) is 10.7. The second-order valence-corrected chi connectivity index (χ2v) is 5.32. The van der Waals surface area contributed by atoms with Crippen molar-refractivity contribution >= 4 is 21.4 Å². The van der Waals surface area contributed by atoms with Crippen LogP contribution in [0.25, 0.3) is 10.1 Å². The van der Waals surface area contributed by atoms with E-state index in [1.54, 1.807) is 30.6 Å². The Morgan fingerprint density at radius 3 is 2.80 bits per heavy atom. The van der Waals surface area contributed by atoms with E-state index in [1.807, 2.05) is 30.3 Å². The van der Waals surface area contributed by atoms with Crippen LogP contribution in [0, 0.1) is 0 Å². The van der Waals surface area contributed by atoms with Crippen LogP contribution >= 0.6 is 11.3 Å². The van der Waals surface area contributed by atoms with Crippen molar-refractivity contribution in [1.29, 1.82) is 0 Å². The molecule has 0 aliphatic heterocycles. The molecular formula is C16H14O3S. The van der Waals surface area contributed by atoms with E-state index in [2.05, 4.69) is 5.38 Å². The summed E-state index contributed by atoms with van der Waals surface area (Å²) < 4.78 is 12.1. The van der Waals surface area contributed by atoms with Gasteiger partial charge in [0.2, 0.25) is 0 Å². The molecule has 0 amide bonds. The molecule has 0 radical (unpaired) electrons. The fourth-order valence-corrected chi connectivity index (χ4v) is 2.96.